The maximum Gasteiger partial charge on any atom is 0.0796 e. The average molecular weight is 294 g/mol. The van der Waals surface area contributed by atoms with Crippen LogP contribution in [0.3, 0.4) is 0 Å². The maximum absolute atomic E-state index is 5.87. The van der Waals surface area contributed by atoms with Gasteiger partial charge in [0, 0.05) is 36.3 Å². The predicted octanol–water partition coefficient (Wildman–Crippen LogP) is 2.61. The molecule has 1 heterocycles. The van der Waals surface area contributed by atoms with Crippen LogP contribution in [0.5, 0.6) is 0 Å². The SMILES string of the molecule is CNCc1ccc(SCC2CN(C(C)C)CCO2)cc1. The molecule has 4 heteroatoms. The summed E-state index contributed by atoms with van der Waals surface area (Å²) in [6, 6.07) is 9.43. The summed E-state index contributed by atoms with van der Waals surface area (Å²) in [6.45, 7) is 8.44. The van der Waals surface area contributed by atoms with E-state index in [1.54, 1.807) is 0 Å². The molecule has 1 saturated heterocycles. The van der Waals surface area contributed by atoms with Crippen LogP contribution < -0.4 is 5.32 Å². The highest BCUT2D eigenvalue weighted by atomic mass is 32.2. The van der Waals surface area contributed by atoms with E-state index < -0.39 is 0 Å². The van der Waals surface area contributed by atoms with Crippen molar-refractivity contribution >= 4 is 11.8 Å². The Morgan fingerprint density at radius 1 is 1.35 bits per heavy atom. The van der Waals surface area contributed by atoms with Crippen LogP contribution in [-0.4, -0.2) is 49.5 Å². The van der Waals surface area contributed by atoms with Gasteiger partial charge in [-0.3, -0.25) is 4.90 Å². The molecule has 0 spiro atoms. The topological polar surface area (TPSA) is 24.5 Å². The summed E-state index contributed by atoms with van der Waals surface area (Å²) < 4.78 is 5.87. The predicted molar refractivity (Wildman–Crippen MR) is 86.4 cm³/mol. The molecular formula is C16H26N2OS. The van der Waals surface area contributed by atoms with E-state index in [4.69, 9.17) is 4.74 Å². The Balaban J connectivity index is 1.79. The van der Waals surface area contributed by atoms with E-state index >= 15 is 0 Å². The number of ether oxygens (including phenoxy) is 1. The van der Waals surface area contributed by atoms with Crippen LogP contribution in [0.15, 0.2) is 29.2 Å². The largest absolute Gasteiger partial charge is 0.375 e. The highest BCUT2D eigenvalue weighted by Crippen LogP contribution is 2.22. The zero-order chi connectivity index (χ0) is 14.4. The highest BCUT2D eigenvalue weighted by Gasteiger charge is 2.22. The molecule has 0 aromatic heterocycles. The molecule has 0 radical (unpaired) electrons. The van der Waals surface area contributed by atoms with Gasteiger partial charge in [-0.15, -0.1) is 11.8 Å². The summed E-state index contributed by atoms with van der Waals surface area (Å²) in [6.07, 6.45) is 0.355. The molecule has 1 aliphatic heterocycles. The van der Waals surface area contributed by atoms with Gasteiger partial charge in [0.1, 0.15) is 0 Å². The second-order valence-corrected chi connectivity index (χ2v) is 6.66. The molecular weight excluding hydrogens is 268 g/mol. The van der Waals surface area contributed by atoms with Gasteiger partial charge < -0.3 is 10.1 Å². The monoisotopic (exact) mass is 294 g/mol. The lowest BCUT2D eigenvalue weighted by Gasteiger charge is -2.35. The van der Waals surface area contributed by atoms with Gasteiger partial charge >= 0.3 is 0 Å². The van der Waals surface area contributed by atoms with Crippen LogP contribution in [-0.2, 0) is 11.3 Å². The summed E-state index contributed by atoms with van der Waals surface area (Å²) >= 11 is 1.90. The van der Waals surface area contributed by atoms with Gasteiger partial charge in [0.05, 0.1) is 12.7 Å². The molecule has 0 aliphatic carbocycles. The minimum Gasteiger partial charge on any atom is -0.375 e. The third-order valence-corrected chi connectivity index (χ3v) is 4.78. The van der Waals surface area contributed by atoms with Crippen molar-refractivity contribution in [1.29, 1.82) is 0 Å². The summed E-state index contributed by atoms with van der Waals surface area (Å²) in [5.41, 5.74) is 1.33. The fourth-order valence-electron chi connectivity index (χ4n) is 2.41. The fourth-order valence-corrected chi connectivity index (χ4v) is 3.32. The number of nitrogens with one attached hydrogen (secondary N) is 1. The lowest BCUT2D eigenvalue weighted by molar-refractivity contribution is -0.0265. The van der Waals surface area contributed by atoms with Crippen LogP contribution in [0, 0.1) is 0 Å². The Hall–Kier alpha value is -0.550. The van der Waals surface area contributed by atoms with Crippen LogP contribution in [0.2, 0.25) is 0 Å². The number of hydrogen-bond acceptors (Lipinski definition) is 4. The summed E-state index contributed by atoms with van der Waals surface area (Å²) in [5.74, 6) is 1.04. The van der Waals surface area contributed by atoms with E-state index in [0.29, 0.717) is 12.1 Å². The molecule has 1 unspecified atom stereocenters. The fraction of sp³-hybridized carbons (Fsp3) is 0.625. The van der Waals surface area contributed by atoms with E-state index in [0.717, 1.165) is 32.0 Å². The Labute approximate surface area is 127 Å². The van der Waals surface area contributed by atoms with Crippen molar-refractivity contribution in [2.24, 2.45) is 0 Å². The van der Waals surface area contributed by atoms with E-state index in [1.165, 1.54) is 10.5 Å². The van der Waals surface area contributed by atoms with E-state index in [9.17, 15) is 0 Å². The lowest BCUT2D eigenvalue weighted by Crippen LogP contribution is -2.46. The second-order valence-electron chi connectivity index (χ2n) is 5.57. The summed E-state index contributed by atoms with van der Waals surface area (Å²) in [7, 11) is 1.98. The number of rotatable bonds is 6. The van der Waals surface area contributed by atoms with Gasteiger partial charge in [-0.1, -0.05) is 12.1 Å². The van der Waals surface area contributed by atoms with Crippen molar-refractivity contribution in [2.45, 2.75) is 37.4 Å². The Bertz CT molecular complexity index is 394. The molecule has 0 amide bonds. The standard InChI is InChI=1S/C16H26N2OS/c1-13(2)18-8-9-19-15(11-18)12-20-16-6-4-14(5-7-16)10-17-3/h4-7,13,15,17H,8-12H2,1-3H3. The quantitative estimate of drug-likeness (QED) is 0.815. The molecule has 1 atom stereocenters. The molecule has 20 heavy (non-hydrogen) atoms. The Morgan fingerprint density at radius 2 is 2.10 bits per heavy atom. The molecule has 1 aromatic rings. The highest BCUT2D eigenvalue weighted by molar-refractivity contribution is 7.99. The van der Waals surface area contributed by atoms with Gasteiger partial charge in [0.15, 0.2) is 0 Å². The minimum absolute atomic E-state index is 0.355. The first-order valence-electron chi connectivity index (χ1n) is 7.41. The van der Waals surface area contributed by atoms with Crippen molar-refractivity contribution in [1.82, 2.24) is 10.2 Å². The second kappa shape index (κ2) is 8.03. The zero-order valence-corrected chi connectivity index (χ0v) is 13.6. The minimum atomic E-state index is 0.355. The number of nitrogens with zero attached hydrogens (tertiary/aromatic N) is 1. The van der Waals surface area contributed by atoms with Crippen molar-refractivity contribution in [2.75, 3.05) is 32.5 Å². The van der Waals surface area contributed by atoms with Gasteiger partial charge in [-0.05, 0) is 38.6 Å². The third-order valence-electron chi connectivity index (χ3n) is 3.64. The van der Waals surface area contributed by atoms with E-state index in [-0.39, 0.29) is 0 Å². The first-order valence-corrected chi connectivity index (χ1v) is 8.39. The Morgan fingerprint density at radius 3 is 2.75 bits per heavy atom. The van der Waals surface area contributed by atoms with Gasteiger partial charge in [-0.25, -0.2) is 0 Å². The van der Waals surface area contributed by atoms with Crippen molar-refractivity contribution in [3.05, 3.63) is 29.8 Å². The van der Waals surface area contributed by atoms with Crippen LogP contribution in [0.1, 0.15) is 19.4 Å². The molecule has 1 fully saturated rings. The molecule has 2 rings (SSSR count). The van der Waals surface area contributed by atoms with Gasteiger partial charge in [0.2, 0.25) is 0 Å². The molecule has 1 N–H and O–H groups in total. The number of thioether (sulfide) groups is 1. The smallest absolute Gasteiger partial charge is 0.0796 e. The van der Waals surface area contributed by atoms with Gasteiger partial charge in [-0.2, -0.15) is 0 Å². The first-order chi connectivity index (χ1) is 9.69. The van der Waals surface area contributed by atoms with Crippen molar-refractivity contribution in [3.63, 3.8) is 0 Å². The molecule has 112 valence electrons. The number of morpholine rings is 1. The summed E-state index contributed by atoms with van der Waals surface area (Å²) in [4.78, 5) is 3.83. The zero-order valence-electron chi connectivity index (χ0n) is 12.8. The molecule has 0 bridgehead atoms. The lowest BCUT2D eigenvalue weighted by atomic mass is 10.2. The van der Waals surface area contributed by atoms with Crippen molar-refractivity contribution in [3.8, 4) is 0 Å². The summed E-state index contributed by atoms with van der Waals surface area (Å²) in [5, 5.41) is 3.17. The third kappa shape index (κ3) is 4.77. The van der Waals surface area contributed by atoms with Crippen LogP contribution >= 0.6 is 11.8 Å². The van der Waals surface area contributed by atoms with Gasteiger partial charge in [0.25, 0.3) is 0 Å². The average Bonchev–Trinajstić information content (AvgIpc) is 2.47. The van der Waals surface area contributed by atoms with Crippen molar-refractivity contribution < 1.29 is 4.74 Å². The normalized spacial score (nSPS) is 20.5. The first kappa shape index (κ1) is 15.8. The van der Waals surface area contributed by atoms with Crippen LogP contribution in [0.4, 0.5) is 0 Å². The van der Waals surface area contributed by atoms with E-state index in [1.807, 2.05) is 18.8 Å². The van der Waals surface area contributed by atoms with E-state index in [2.05, 4.69) is 48.3 Å². The molecule has 1 aliphatic rings. The molecule has 1 aromatic carbocycles. The number of hydrogen-bond donors (Lipinski definition) is 1. The van der Waals surface area contributed by atoms with Crippen LogP contribution in [0.25, 0.3) is 0 Å². The Kier molecular flexibility index (Phi) is 6.36. The number of benzene rings is 1. The molecule has 0 saturated carbocycles. The molecule has 3 nitrogen and oxygen atoms in total. The maximum atomic E-state index is 5.87.